The predicted molar refractivity (Wildman–Crippen MR) is 73.3 cm³/mol. The molecule has 106 valence electrons. The third-order valence-electron chi connectivity index (χ3n) is 3.82. The van der Waals surface area contributed by atoms with Gasteiger partial charge in [-0.3, -0.25) is 4.79 Å². The number of rotatable bonds is 6. The Morgan fingerprint density at radius 1 is 1.28 bits per heavy atom. The summed E-state index contributed by atoms with van der Waals surface area (Å²) in [4.78, 5) is 12.2. The molecular weight excluding hydrogens is 228 g/mol. The lowest BCUT2D eigenvalue weighted by atomic mass is 9.86. The van der Waals surface area contributed by atoms with Crippen LogP contribution in [0.5, 0.6) is 0 Å². The maximum atomic E-state index is 12.2. The second-order valence-corrected chi connectivity index (χ2v) is 6.21. The van der Waals surface area contributed by atoms with E-state index in [-0.39, 0.29) is 12.5 Å². The molecule has 1 aliphatic rings. The molecule has 0 radical (unpaired) electrons. The van der Waals surface area contributed by atoms with Crippen LogP contribution in [0.15, 0.2) is 0 Å². The Balaban J connectivity index is 2.34. The highest BCUT2D eigenvalue weighted by atomic mass is 16.3. The zero-order chi connectivity index (χ0) is 13.6. The van der Waals surface area contributed by atoms with Crippen molar-refractivity contribution in [2.75, 3.05) is 19.7 Å². The summed E-state index contributed by atoms with van der Waals surface area (Å²) in [5.74, 6) is 0.921. The number of hydrogen-bond acceptors (Lipinski definition) is 3. The number of carbonyl (C=O) groups is 1. The molecule has 18 heavy (non-hydrogen) atoms. The van der Waals surface area contributed by atoms with Gasteiger partial charge in [0.2, 0.25) is 5.91 Å². The summed E-state index contributed by atoms with van der Waals surface area (Å²) < 4.78 is 0. The number of nitrogens with one attached hydrogen (secondary N) is 2. The number of hydrogen-bond donors (Lipinski definition) is 3. The minimum Gasteiger partial charge on any atom is -0.395 e. The molecule has 0 unspecified atom stereocenters. The lowest BCUT2D eigenvalue weighted by Gasteiger charge is -2.31. The van der Waals surface area contributed by atoms with E-state index >= 15 is 0 Å². The van der Waals surface area contributed by atoms with Crippen LogP contribution in [-0.4, -0.2) is 36.8 Å². The van der Waals surface area contributed by atoms with E-state index in [0.29, 0.717) is 19.1 Å². The van der Waals surface area contributed by atoms with Gasteiger partial charge in [-0.2, -0.15) is 0 Å². The molecule has 0 atom stereocenters. The third-order valence-corrected chi connectivity index (χ3v) is 3.82. The van der Waals surface area contributed by atoms with Gasteiger partial charge in [0, 0.05) is 19.1 Å². The summed E-state index contributed by atoms with van der Waals surface area (Å²) in [7, 11) is 0. The SMILES string of the molecule is CC(C)(CNCCO)C(=O)N[C@H]1CC[C@H](C)CC1. The van der Waals surface area contributed by atoms with Gasteiger partial charge in [0.05, 0.1) is 12.0 Å². The minimum absolute atomic E-state index is 0.109. The van der Waals surface area contributed by atoms with E-state index in [9.17, 15) is 4.79 Å². The fraction of sp³-hybridized carbons (Fsp3) is 0.929. The van der Waals surface area contributed by atoms with Crippen LogP contribution < -0.4 is 10.6 Å². The van der Waals surface area contributed by atoms with Crippen LogP contribution in [0.1, 0.15) is 46.5 Å². The van der Waals surface area contributed by atoms with Crippen molar-refractivity contribution in [2.45, 2.75) is 52.5 Å². The van der Waals surface area contributed by atoms with Crippen molar-refractivity contribution >= 4 is 5.91 Å². The maximum Gasteiger partial charge on any atom is 0.227 e. The normalized spacial score (nSPS) is 24.9. The van der Waals surface area contributed by atoms with Crippen LogP contribution in [0.2, 0.25) is 0 Å². The van der Waals surface area contributed by atoms with Crippen molar-refractivity contribution in [1.29, 1.82) is 0 Å². The van der Waals surface area contributed by atoms with Crippen LogP contribution >= 0.6 is 0 Å². The monoisotopic (exact) mass is 256 g/mol. The van der Waals surface area contributed by atoms with Crippen LogP contribution in [-0.2, 0) is 4.79 Å². The smallest absolute Gasteiger partial charge is 0.227 e. The van der Waals surface area contributed by atoms with Gasteiger partial charge >= 0.3 is 0 Å². The van der Waals surface area contributed by atoms with Crippen molar-refractivity contribution < 1.29 is 9.90 Å². The number of carbonyl (C=O) groups excluding carboxylic acids is 1. The van der Waals surface area contributed by atoms with Gasteiger partial charge in [-0.25, -0.2) is 0 Å². The van der Waals surface area contributed by atoms with E-state index in [4.69, 9.17) is 5.11 Å². The van der Waals surface area contributed by atoms with Gasteiger partial charge in [-0.05, 0) is 45.4 Å². The largest absolute Gasteiger partial charge is 0.395 e. The van der Waals surface area contributed by atoms with Gasteiger partial charge in [-0.1, -0.05) is 6.92 Å². The first kappa shape index (κ1) is 15.4. The maximum absolute atomic E-state index is 12.2. The molecule has 1 saturated carbocycles. The highest BCUT2D eigenvalue weighted by Gasteiger charge is 2.29. The minimum atomic E-state index is -0.418. The average molecular weight is 256 g/mol. The van der Waals surface area contributed by atoms with Crippen LogP contribution in [0.3, 0.4) is 0 Å². The Kier molecular flexibility index (Phi) is 6.09. The summed E-state index contributed by atoms with van der Waals surface area (Å²) in [6.45, 7) is 7.41. The van der Waals surface area contributed by atoms with Crippen molar-refractivity contribution in [3.8, 4) is 0 Å². The Labute approximate surface area is 111 Å². The second kappa shape index (κ2) is 7.10. The zero-order valence-electron chi connectivity index (χ0n) is 12.0. The van der Waals surface area contributed by atoms with E-state index in [2.05, 4.69) is 17.6 Å². The standard InChI is InChI=1S/C14H28N2O2/c1-11-4-6-12(7-5-11)16-13(18)14(2,3)10-15-8-9-17/h11-12,15,17H,4-10H2,1-3H3,(H,16,18)/t11-,12-. The third kappa shape index (κ3) is 4.94. The van der Waals surface area contributed by atoms with Crippen molar-refractivity contribution in [1.82, 2.24) is 10.6 Å². The Hall–Kier alpha value is -0.610. The van der Waals surface area contributed by atoms with E-state index < -0.39 is 5.41 Å². The molecule has 0 spiro atoms. The number of aliphatic hydroxyl groups is 1. The topological polar surface area (TPSA) is 61.4 Å². The Morgan fingerprint density at radius 2 is 1.89 bits per heavy atom. The first-order chi connectivity index (χ1) is 8.45. The summed E-state index contributed by atoms with van der Waals surface area (Å²) in [6, 6.07) is 0.353. The zero-order valence-corrected chi connectivity index (χ0v) is 12.0. The molecule has 1 aliphatic carbocycles. The van der Waals surface area contributed by atoms with Crippen LogP contribution in [0, 0.1) is 11.3 Å². The average Bonchev–Trinajstić information content (AvgIpc) is 2.32. The molecule has 4 nitrogen and oxygen atoms in total. The molecule has 4 heteroatoms. The van der Waals surface area contributed by atoms with E-state index in [1.807, 2.05) is 13.8 Å². The molecule has 0 aliphatic heterocycles. The highest BCUT2D eigenvalue weighted by molar-refractivity contribution is 5.82. The molecule has 1 fully saturated rings. The van der Waals surface area contributed by atoms with E-state index in [1.54, 1.807) is 0 Å². The fourth-order valence-electron chi connectivity index (χ4n) is 2.35. The first-order valence-electron chi connectivity index (χ1n) is 7.08. The molecule has 1 rings (SSSR count). The van der Waals surface area contributed by atoms with E-state index in [1.165, 1.54) is 12.8 Å². The Morgan fingerprint density at radius 3 is 2.44 bits per heavy atom. The van der Waals surface area contributed by atoms with Crippen LogP contribution in [0.4, 0.5) is 0 Å². The molecule has 3 N–H and O–H groups in total. The molecule has 0 aromatic heterocycles. The fourth-order valence-corrected chi connectivity index (χ4v) is 2.35. The lowest BCUT2D eigenvalue weighted by Crippen LogP contribution is -2.48. The number of aliphatic hydroxyl groups excluding tert-OH is 1. The van der Waals surface area contributed by atoms with E-state index in [0.717, 1.165) is 18.8 Å². The summed E-state index contributed by atoms with van der Waals surface area (Å²) in [5, 5.41) is 15.0. The predicted octanol–water partition coefficient (Wildman–Crippen LogP) is 1.29. The number of amides is 1. The van der Waals surface area contributed by atoms with Gasteiger partial charge < -0.3 is 15.7 Å². The molecule has 0 heterocycles. The van der Waals surface area contributed by atoms with Gasteiger partial charge in [0.1, 0.15) is 0 Å². The molecule has 1 amide bonds. The van der Waals surface area contributed by atoms with Crippen molar-refractivity contribution in [3.05, 3.63) is 0 Å². The summed E-state index contributed by atoms with van der Waals surface area (Å²) in [6.07, 6.45) is 4.64. The first-order valence-corrected chi connectivity index (χ1v) is 7.08. The molecule has 0 bridgehead atoms. The molecule has 0 aromatic carbocycles. The molecule has 0 saturated heterocycles. The summed E-state index contributed by atoms with van der Waals surface area (Å²) >= 11 is 0. The summed E-state index contributed by atoms with van der Waals surface area (Å²) in [5.41, 5.74) is -0.418. The molecular formula is C14H28N2O2. The molecule has 0 aromatic rings. The van der Waals surface area contributed by atoms with Gasteiger partial charge in [0.25, 0.3) is 0 Å². The quantitative estimate of drug-likeness (QED) is 0.628. The highest BCUT2D eigenvalue weighted by Crippen LogP contribution is 2.24. The lowest BCUT2D eigenvalue weighted by molar-refractivity contribution is -0.130. The Bertz CT molecular complexity index is 259. The van der Waals surface area contributed by atoms with Gasteiger partial charge in [-0.15, -0.1) is 0 Å². The van der Waals surface area contributed by atoms with Crippen LogP contribution in [0.25, 0.3) is 0 Å². The van der Waals surface area contributed by atoms with Crippen molar-refractivity contribution in [2.24, 2.45) is 11.3 Å². The second-order valence-electron chi connectivity index (χ2n) is 6.21. The van der Waals surface area contributed by atoms with Gasteiger partial charge in [0.15, 0.2) is 0 Å². The van der Waals surface area contributed by atoms with Crippen molar-refractivity contribution in [3.63, 3.8) is 0 Å².